The van der Waals surface area contributed by atoms with E-state index < -0.39 is 5.97 Å². The zero-order chi connectivity index (χ0) is 24.5. The highest BCUT2D eigenvalue weighted by Crippen LogP contribution is 2.25. The molecule has 0 atom stereocenters. The van der Waals surface area contributed by atoms with Crippen LogP contribution in [0.4, 0.5) is 0 Å². The molecule has 0 spiro atoms. The summed E-state index contributed by atoms with van der Waals surface area (Å²) in [6.07, 6.45) is 7.92. The maximum absolute atomic E-state index is 13.1. The van der Waals surface area contributed by atoms with Crippen LogP contribution in [0, 0.1) is 0 Å². The molecular weight excluding hydrogens is 442 g/mol. The molecule has 0 aliphatic rings. The molecule has 0 fully saturated rings. The summed E-state index contributed by atoms with van der Waals surface area (Å²) in [7, 11) is 1.34. The second kappa shape index (κ2) is 11.7. The lowest BCUT2D eigenvalue weighted by molar-refractivity contribution is -0.117. The first-order valence-corrected chi connectivity index (χ1v) is 11.4. The zero-order valence-electron chi connectivity index (χ0n) is 19.5. The van der Waals surface area contributed by atoms with Gasteiger partial charge in [0.25, 0.3) is 5.91 Å². The van der Waals surface area contributed by atoms with Crippen molar-refractivity contribution < 1.29 is 19.1 Å². The Balaban J connectivity index is 1.49. The van der Waals surface area contributed by atoms with Gasteiger partial charge in [-0.3, -0.25) is 4.79 Å². The van der Waals surface area contributed by atoms with Crippen LogP contribution in [0.15, 0.2) is 91.0 Å². The molecule has 0 aliphatic heterocycles. The summed E-state index contributed by atoms with van der Waals surface area (Å²) in [5.41, 5.74) is 1.70. The monoisotopic (exact) mass is 469 g/mol. The van der Waals surface area contributed by atoms with Crippen molar-refractivity contribution in [2.75, 3.05) is 20.3 Å². The van der Waals surface area contributed by atoms with Crippen LogP contribution in [0.1, 0.15) is 22.3 Å². The smallest absolute Gasteiger partial charge is 0.337 e. The minimum Gasteiger partial charge on any atom is -0.488 e. The van der Waals surface area contributed by atoms with Gasteiger partial charge in [0.2, 0.25) is 0 Å². The summed E-state index contributed by atoms with van der Waals surface area (Å²) < 4.78 is 12.8. The normalized spacial score (nSPS) is 11.3. The van der Waals surface area contributed by atoms with Crippen LogP contribution < -0.4 is 10.1 Å². The predicted molar refractivity (Wildman–Crippen MR) is 135 cm³/mol. The highest BCUT2D eigenvalue weighted by molar-refractivity contribution is 5.98. The number of nitrogens with zero attached hydrogens (tertiary/aromatic N) is 2. The Morgan fingerprint density at radius 3 is 2.60 bits per heavy atom. The minimum absolute atomic E-state index is 0.0973. The Morgan fingerprint density at radius 1 is 1.03 bits per heavy atom. The van der Waals surface area contributed by atoms with E-state index in [0.717, 1.165) is 29.3 Å². The number of aromatic nitrogens is 2. The first-order chi connectivity index (χ1) is 17.1. The number of nitrogens with one attached hydrogen (secondary N) is 1. The molecule has 178 valence electrons. The third-order valence-electron chi connectivity index (χ3n) is 5.53. The number of benzene rings is 3. The molecular formula is C28H27N3O4. The van der Waals surface area contributed by atoms with Gasteiger partial charge in [-0.1, -0.05) is 48.5 Å². The first kappa shape index (κ1) is 23.8. The Labute approximate surface area is 204 Å². The fourth-order valence-electron chi connectivity index (χ4n) is 3.68. The van der Waals surface area contributed by atoms with Crippen molar-refractivity contribution in [3.63, 3.8) is 0 Å². The van der Waals surface area contributed by atoms with Gasteiger partial charge < -0.3 is 19.4 Å². The molecule has 1 heterocycles. The fraction of sp³-hybridized carbons (Fsp3) is 0.179. The third-order valence-corrected chi connectivity index (χ3v) is 5.53. The Bertz CT molecular complexity index is 1310. The van der Waals surface area contributed by atoms with Gasteiger partial charge in [0.1, 0.15) is 12.4 Å². The highest BCUT2D eigenvalue weighted by atomic mass is 16.5. The van der Waals surface area contributed by atoms with Gasteiger partial charge in [-0.2, -0.15) is 0 Å². The zero-order valence-corrected chi connectivity index (χ0v) is 19.5. The van der Waals surface area contributed by atoms with Crippen molar-refractivity contribution >= 4 is 28.7 Å². The molecule has 1 amide bonds. The van der Waals surface area contributed by atoms with Crippen LogP contribution in [0.25, 0.3) is 16.8 Å². The molecule has 35 heavy (non-hydrogen) atoms. The minimum atomic E-state index is -0.407. The van der Waals surface area contributed by atoms with Crippen molar-refractivity contribution in [2.45, 2.75) is 13.0 Å². The molecule has 3 aromatic carbocycles. The van der Waals surface area contributed by atoms with Crippen LogP contribution >= 0.6 is 0 Å². The maximum Gasteiger partial charge on any atom is 0.337 e. The van der Waals surface area contributed by atoms with Crippen molar-refractivity contribution in [2.24, 2.45) is 0 Å². The molecule has 0 saturated heterocycles. The van der Waals surface area contributed by atoms with Gasteiger partial charge in [0.05, 0.1) is 24.6 Å². The standard InChI is InChI=1S/C28H27N3O4/c1-34-28(33)23-12-10-21(11-13-23)18-24(27(32)30-14-5-16-31-17-15-29-20-31)19-35-26-9-4-7-22-6-2-3-8-25(22)26/h2-4,6-13,15,17-18,20H,5,14,16,19H2,1H3,(H,30,32)/b24-18+. The van der Waals surface area contributed by atoms with Crippen LogP contribution in [0.2, 0.25) is 0 Å². The number of amides is 1. The molecule has 0 aliphatic carbocycles. The van der Waals surface area contributed by atoms with Gasteiger partial charge in [0.15, 0.2) is 0 Å². The van der Waals surface area contributed by atoms with Crippen molar-refractivity contribution in [1.82, 2.24) is 14.9 Å². The van der Waals surface area contributed by atoms with E-state index >= 15 is 0 Å². The Morgan fingerprint density at radius 2 is 1.83 bits per heavy atom. The maximum atomic E-state index is 13.1. The average molecular weight is 470 g/mol. The van der Waals surface area contributed by atoms with E-state index in [0.29, 0.717) is 23.4 Å². The second-order valence-electron chi connectivity index (χ2n) is 7.96. The van der Waals surface area contributed by atoms with E-state index in [9.17, 15) is 9.59 Å². The number of esters is 1. The van der Waals surface area contributed by atoms with Gasteiger partial charge >= 0.3 is 5.97 Å². The lowest BCUT2D eigenvalue weighted by atomic mass is 10.1. The number of methoxy groups -OCH3 is 1. The Hall–Kier alpha value is -4.39. The van der Waals surface area contributed by atoms with Crippen LogP contribution in [0.5, 0.6) is 5.75 Å². The average Bonchev–Trinajstić information content (AvgIpc) is 3.42. The molecule has 1 N–H and O–H groups in total. The number of fused-ring (bicyclic) bond motifs is 1. The van der Waals surface area contributed by atoms with E-state index in [4.69, 9.17) is 9.47 Å². The number of aryl methyl sites for hydroxylation is 1. The van der Waals surface area contributed by atoms with Gasteiger partial charge in [0, 0.05) is 30.9 Å². The second-order valence-corrected chi connectivity index (χ2v) is 7.96. The number of rotatable bonds is 10. The number of carbonyl (C=O) groups is 2. The molecule has 4 aromatic rings. The van der Waals surface area contributed by atoms with Gasteiger partial charge in [-0.15, -0.1) is 0 Å². The predicted octanol–water partition coefficient (Wildman–Crippen LogP) is 4.49. The summed E-state index contributed by atoms with van der Waals surface area (Å²) in [6, 6.07) is 20.7. The van der Waals surface area contributed by atoms with Crippen molar-refractivity contribution in [1.29, 1.82) is 0 Å². The van der Waals surface area contributed by atoms with Crippen molar-refractivity contribution in [3.05, 3.63) is 102 Å². The summed E-state index contributed by atoms with van der Waals surface area (Å²) in [5, 5.41) is 5.03. The topological polar surface area (TPSA) is 82.5 Å². The van der Waals surface area contributed by atoms with E-state index in [1.165, 1.54) is 7.11 Å². The highest BCUT2D eigenvalue weighted by Gasteiger charge is 2.12. The lowest BCUT2D eigenvalue weighted by Gasteiger charge is -2.13. The first-order valence-electron chi connectivity index (χ1n) is 11.4. The lowest BCUT2D eigenvalue weighted by Crippen LogP contribution is -2.29. The van der Waals surface area contributed by atoms with Crippen LogP contribution in [-0.2, 0) is 16.1 Å². The largest absolute Gasteiger partial charge is 0.488 e. The molecule has 7 heteroatoms. The molecule has 4 rings (SSSR count). The molecule has 0 bridgehead atoms. The summed E-state index contributed by atoms with van der Waals surface area (Å²) in [4.78, 5) is 28.8. The summed E-state index contributed by atoms with van der Waals surface area (Å²) in [6.45, 7) is 1.38. The molecule has 0 unspecified atom stereocenters. The summed E-state index contributed by atoms with van der Waals surface area (Å²) in [5.74, 6) is 0.103. The van der Waals surface area contributed by atoms with E-state index in [1.54, 1.807) is 42.9 Å². The Kier molecular flexibility index (Phi) is 7.91. The number of hydrogen-bond acceptors (Lipinski definition) is 5. The van der Waals surface area contributed by atoms with Gasteiger partial charge in [-0.25, -0.2) is 9.78 Å². The van der Waals surface area contributed by atoms with Crippen LogP contribution in [-0.4, -0.2) is 41.7 Å². The fourth-order valence-corrected chi connectivity index (χ4v) is 3.68. The van der Waals surface area contributed by atoms with E-state index in [2.05, 4.69) is 10.3 Å². The van der Waals surface area contributed by atoms with Gasteiger partial charge in [-0.05, 0) is 41.6 Å². The van der Waals surface area contributed by atoms with Crippen molar-refractivity contribution in [3.8, 4) is 5.75 Å². The number of ether oxygens (including phenoxy) is 2. The number of carbonyl (C=O) groups excluding carboxylic acids is 2. The molecule has 0 radical (unpaired) electrons. The molecule has 0 saturated carbocycles. The third kappa shape index (κ3) is 6.35. The molecule has 7 nitrogen and oxygen atoms in total. The number of hydrogen-bond donors (Lipinski definition) is 1. The SMILES string of the molecule is COC(=O)c1ccc(/C=C(\COc2cccc3ccccc23)C(=O)NCCCn2ccnc2)cc1. The summed E-state index contributed by atoms with van der Waals surface area (Å²) >= 11 is 0. The molecule has 1 aromatic heterocycles. The van der Waals surface area contributed by atoms with E-state index in [1.807, 2.05) is 53.2 Å². The van der Waals surface area contributed by atoms with E-state index in [-0.39, 0.29) is 12.5 Å². The van der Waals surface area contributed by atoms with Crippen LogP contribution in [0.3, 0.4) is 0 Å². The number of imidazole rings is 1. The quantitative estimate of drug-likeness (QED) is 0.210.